The highest BCUT2D eigenvalue weighted by Crippen LogP contribution is 2.22. The molecule has 0 spiro atoms. The summed E-state index contributed by atoms with van der Waals surface area (Å²) in [5.74, 6) is -0.516. The number of amides is 3. The fourth-order valence-corrected chi connectivity index (χ4v) is 3.55. The van der Waals surface area contributed by atoms with Gasteiger partial charge in [0.2, 0.25) is 5.91 Å². The largest absolute Gasteiger partial charge is 0.369 e. The predicted octanol–water partition coefficient (Wildman–Crippen LogP) is 1.57. The average Bonchev–Trinajstić information content (AvgIpc) is 2.98. The molecule has 2 rings (SSSR count). The Labute approximate surface area is 124 Å². The number of nitrogens with two attached hydrogens (primary N) is 1. The smallest absolute Gasteiger partial charge is 0.317 e. The zero-order valence-electron chi connectivity index (χ0n) is 10.4. The third-order valence-electron chi connectivity index (χ3n) is 3.15. The summed E-state index contributed by atoms with van der Waals surface area (Å²) in [5, 5.41) is 2.87. The molecule has 3 amide bonds. The highest BCUT2D eigenvalue weighted by atomic mass is 79.9. The molecule has 0 bridgehead atoms. The van der Waals surface area contributed by atoms with Gasteiger partial charge in [-0.05, 0) is 40.9 Å². The molecule has 7 heteroatoms. The van der Waals surface area contributed by atoms with Crippen molar-refractivity contribution in [1.82, 2.24) is 10.2 Å². The summed E-state index contributed by atoms with van der Waals surface area (Å²) in [6.07, 6.45) is 1.48. The second kappa shape index (κ2) is 6.38. The van der Waals surface area contributed by atoms with E-state index in [0.29, 0.717) is 26.1 Å². The second-order valence-corrected chi connectivity index (χ2v) is 7.07. The van der Waals surface area contributed by atoms with Crippen LogP contribution in [-0.4, -0.2) is 36.5 Å². The van der Waals surface area contributed by atoms with Gasteiger partial charge in [0, 0.05) is 24.5 Å². The Balaban J connectivity index is 1.72. The number of halogens is 1. The second-order valence-electron chi connectivity index (χ2n) is 4.52. The number of likely N-dealkylation sites (tertiary alicyclic amines) is 1. The molecule has 0 aromatic carbocycles. The van der Waals surface area contributed by atoms with Crippen LogP contribution >= 0.6 is 27.3 Å². The molecular weight excluding hydrogens is 330 g/mol. The van der Waals surface area contributed by atoms with E-state index in [4.69, 9.17) is 5.73 Å². The summed E-state index contributed by atoms with van der Waals surface area (Å²) < 4.78 is 1.10. The van der Waals surface area contributed by atoms with Gasteiger partial charge >= 0.3 is 6.03 Å². The van der Waals surface area contributed by atoms with E-state index < -0.39 is 0 Å². The standard InChI is InChI=1S/C12H16BrN3O2S/c13-10-2-1-9(19-10)3-5-15-12(18)16-6-4-8(7-16)11(14)17/h1-2,8H,3-7H2,(H2,14,17)(H,15,18). The first-order valence-electron chi connectivity index (χ1n) is 6.12. The van der Waals surface area contributed by atoms with E-state index in [-0.39, 0.29) is 17.9 Å². The van der Waals surface area contributed by atoms with Crippen LogP contribution in [0.1, 0.15) is 11.3 Å². The number of carbonyl (C=O) groups excluding carboxylic acids is 2. The van der Waals surface area contributed by atoms with Gasteiger partial charge in [0.25, 0.3) is 0 Å². The van der Waals surface area contributed by atoms with Crippen molar-refractivity contribution in [3.63, 3.8) is 0 Å². The van der Waals surface area contributed by atoms with Gasteiger partial charge < -0.3 is 16.0 Å². The molecule has 1 aliphatic rings. The minimum absolute atomic E-state index is 0.112. The lowest BCUT2D eigenvalue weighted by Crippen LogP contribution is -2.40. The third kappa shape index (κ3) is 3.94. The first-order valence-corrected chi connectivity index (χ1v) is 7.73. The number of hydrogen-bond donors (Lipinski definition) is 2. The van der Waals surface area contributed by atoms with Crippen LogP contribution in [0.4, 0.5) is 4.79 Å². The Morgan fingerprint density at radius 2 is 2.32 bits per heavy atom. The summed E-state index contributed by atoms with van der Waals surface area (Å²) in [7, 11) is 0. The van der Waals surface area contributed by atoms with E-state index in [2.05, 4.69) is 21.2 Å². The first-order chi connectivity index (χ1) is 9.06. The van der Waals surface area contributed by atoms with Crippen molar-refractivity contribution in [2.45, 2.75) is 12.8 Å². The quantitative estimate of drug-likeness (QED) is 0.868. The van der Waals surface area contributed by atoms with Crippen LogP contribution in [0.3, 0.4) is 0 Å². The van der Waals surface area contributed by atoms with Crippen LogP contribution in [0.2, 0.25) is 0 Å². The van der Waals surface area contributed by atoms with Crippen molar-refractivity contribution in [3.05, 3.63) is 20.8 Å². The molecule has 1 aliphatic heterocycles. The van der Waals surface area contributed by atoms with E-state index >= 15 is 0 Å². The lowest BCUT2D eigenvalue weighted by Gasteiger charge is -2.16. The maximum atomic E-state index is 11.9. The highest BCUT2D eigenvalue weighted by molar-refractivity contribution is 9.11. The molecule has 1 atom stereocenters. The van der Waals surface area contributed by atoms with Crippen LogP contribution < -0.4 is 11.1 Å². The molecule has 19 heavy (non-hydrogen) atoms. The Bertz CT molecular complexity index is 477. The van der Waals surface area contributed by atoms with Crippen molar-refractivity contribution < 1.29 is 9.59 Å². The monoisotopic (exact) mass is 345 g/mol. The van der Waals surface area contributed by atoms with Crippen LogP contribution in [0.25, 0.3) is 0 Å². The van der Waals surface area contributed by atoms with Crippen LogP contribution in [-0.2, 0) is 11.2 Å². The lowest BCUT2D eigenvalue weighted by atomic mass is 10.1. The number of hydrogen-bond acceptors (Lipinski definition) is 3. The van der Waals surface area contributed by atoms with Gasteiger partial charge in [0.15, 0.2) is 0 Å². The summed E-state index contributed by atoms with van der Waals surface area (Å²) >= 11 is 5.07. The summed E-state index contributed by atoms with van der Waals surface area (Å²) in [5.41, 5.74) is 5.24. The number of nitrogens with one attached hydrogen (secondary N) is 1. The molecule has 0 saturated carbocycles. The molecule has 1 unspecified atom stereocenters. The van der Waals surface area contributed by atoms with E-state index in [1.54, 1.807) is 16.2 Å². The van der Waals surface area contributed by atoms with E-state index in [0.717, 1.165) is 10.2 Å². The molecule has 3 N–H and O–H groups in total. The van der Waals surface area contributed by atoms with Crippen molar-refractivity contribution in [1.29, 1.82) is 0 Å². The summed E-state index contributed by atoms with van der Waals surface area (Å²) in [4.78, 5) is 25.8. The Hall–Kier alpha value is -1.08. The zero-order chi connectivity index (χ0) is 13.8. The third-order valence-corrected chi connectivity index (χ3v) is 4.84. The number of rotatable bonds is 4. The van der Waals surface area contributed by atoms with Gasteiger partial charge in [-0.15, -0.1) is 11.3 Å². The molecule has 104 valence electrons. The molecule has 2 heterocycles. The fourth-order valence-electron chi connectivity index (χ4n) is 2.07. The number of thiophene rings is 1. The fraction of sp³-hybridized carbons (Fsp3) is 0.500. The Kier molecular flexibility index (Phi) is 4.81. The average molecular weight is 346 g/mol. The van der Waals surface area contributed by atoms with Gasteiger partial charge in [-0.3, -0.25) is 4.79 Å². The van der Waals surface area contributed by atoms with Gasteiger partial charge in [-0.25, -0.2) is 4.79 Å². The molecule has 0 radical (unpaired) electrons. The van der Waals surface area contributed by atoms with Gasteiger partial charge in [-0.1, -0.05) is 0 Å². The maximum absolute atomic E-state index is 11.9. The van der Waals surface area contributed by atoms with Gasteiger partial charge in [0.1, 0.15) is 0 Å². The number of primary amides is 1. The van der Waals surface area contributed by atoms with Crippen LogP contribution in [0.15, 0.2) is 15.9 Å². The number of carbonyl (C=O) groups is 2. The normalized spacial score (nSPS) is 18.6. The highest BCUT2D eigenvalue weighted by Gasteiger charge is 2.29. The molecule has 5 nitrogen and oxygen atoms in total. The molecule has 1 aromatic rings. The topological polar surface area (TPSA) is 75.4 Å². The Morgan fingerprint density at radius 1 is 1.53 bits per heavy atom. The molecular formula is C12H16BrN3O2S. The van der Waals surface area contributed by atoms with Crippen molar-refractivity contribution in [2.24, 2.45) is 11.7 Å². The minimum Gasteiger partial charge on any atom is -0.369 e. The van der Waals surface area contributed by atoms with Crippen LogP contribution in [0, 0.1) is 5.92 Å². The molecule has 1 aromatic heterocycles. The number of nitrogens with zero attached hydrogens (tertiary/aromatic N) is 1. The van der Waals surface area contributed by atoms with E-state index in [1.165, 1.54) is 4.88 Å². The Morgan fingerprint density at radius 3 is 2.89 bits per heavy atom. The zero-order valence-corrected chi connectivity index (χ0v) is 12.8. The van der Waals surface area contributed by atoms with E-state index in [1.807, 2.05) is 12.1 Å². The number of urea groups is 1. The molecule has 1 saturated heterocycles. The van der Waals surface area contributed by atoms with Crippen LogP contribution in [0.5, 0.6) is 0 Å². The van der Waals surface area contributed by atoms with Crippen molar-refractivity contribution >= 4 is 39.2 Å². The van der Waals surface area contributed by atoms with Crippen molar-refractivity contribution in [2.75, 3.05) is 19.6 Å². The summed E-state index contributed by atoms with van der Waals surface area (Å²) in [6.45, 7) is 1.64. The first kappa shape index (κ1) is 14.3. The molecule has 0 aliphatic carbocycles. The van der Waals surface area contributed by atoms with E-state index in [9.17, 15) is 9.59 Å². The van der Waals surface area contributed by atoms with Gasteiger partial charge in [-0.2, -0.15) is 0 Å². The van der Waals surface area contributed by atoms with Gasteiger partial charge in [0.05, 0.1) is 9.70 Å². The minimum atomic E-state index is -0.321. The summed E-state index contributed by atoms with van der Waals surface area (Å²) in [6, 6.07) is 3.93. The predicted molar refractivity (Wildman–Crippen MR) is 78.0 cm³/mol. The molecule has 1 fully saturated rings. The SMILES string of the molecule is NC(=O)C1CCN(C(=O)NCCc2ccc(Br)s2)C1. The lowest BCUT2D eigenvalue weighted by molar-refractivity contribution is -0.121. The van der Waals surface area contributed by atoms with Crippen molar-refractivity contribution in [3.8, 4) is 0 Å². The maximum Gasteiger partial charge on any atom is 0.317 e.